The Morgan fingerprint density at radius 2 is 1.38 bits per heavy atom. The molecule has 1 aliphatic heterocycles. The van der Waals surface area contributed by atoms with E-state index in [1.807, 2.05) is 11.8 Å². The predicted molar refractivity (Wildman–Crippen MR) is 74.9 cm³/mol. The van der Waals surface area contributed by atoms with E-state index in [0.717, 1.165) is 0 Å². The Hall–Kier alpha value is 0.600. The summed E-state index contributed by atoms with van der Waals surface area (Å²) in [6.07, 6.45) is 0. The third kappa shape index (κ3) is 2.02. The van der Waals surface area contributed by atoms with Crippen LogP contribution in [0.15, 0.2) is 68.1 Å². The van der Waals surface area contributed by atoms with Gasteiger partial charge < -0.3 is 0 Å². The first-order valence-corrected chi connectivity index (χ1v) is 15.6. The van der Waals surface area contributed by atoms with Crippen molar-refractivity contribution in [3.63, 3.8) is 0 Å². The Kier molecular flexibility index (Phi) is 3.70. The van der Waals surface area contributed by atoms with Gasteiger partial charge >= 0.3 is 122 Å². The van der Waals surface area contributed by atoms with Crippen LogP contribution in [0.4, 0.5) is 0 Å². The van der Waals surface area contributed by atoms with E-state index >= 15 is 0 Å². The number of hydrogen-bond acceptors (Lipinski definition) is 1. The minimum atomic E-state index is 0.193. The van der Waals surface area contributed by atoms with Gasteiger partial charge in [-0.05, 0) is 0 Å². The van der Waals surface area contributed by atoms with Gasteiger partial charge in [0, 0.05) is 0 Å². The molecule has 0 nitrogen and oxygen atoms in total. The van der Waals surface area contributed by atoms with E-state index in [9.17, 15) is 0 Å². The molecule has 0 fully saturated rings. The van der Waals surface area contributed by atoms with Gasteiger partial charge in [-0.25, -0.2) is 0 Å². The third-order valence-electron chi connectivity index (χ3n) is 2.36. The number of fused-ring (bicyclic) bond motifs is 2. The van der Waals surface area contributed by atoms with Gasteiger partial charge in [0.1, 0.15) is 0 Å². The average Bonchev–Trinajstić information content (AvgIpc) is 2.36. The summed E-state index contributed by atoms with van der Waals surface area (Å²) in [6, 6.07) is 17.8. The summed E-state index contributed by atoms with van der Waals surface area (Å²) in [7, 11) is 0.374. The van der Waals surface area contributed by atoms with Crippen LogP contribution in [-0.2, 0) is 8.07 Å². The van der Waals surface area contributed by atoms with Crippen LogP contribution >= 0.6 is 30.4 Å². The molecular formula is C12H8I2S2. The van der Waals surface area contributed by atoms with Crippen molar-refractivity contribution < 1.29 is 15.8 Å². The minimum absolute atomic E-state index is 0.193. The van der Waals surface area contributed by atoms with Crippen LogP contribution in [-0.4, -0.2) is 0 Å². The number of rotatable bonds is 1. The molecule has 3 rings (SSSR count). The molecule has 0 N–H and O–H groups in total. The summed E-state index contributed by atoms with van der Waals surface area (Å²) in [5, 5.41) is 0. The molecule has 0 atom stereocenters. The first-order valence-electron chi connectivity index (χ1n) is 4.77. The van der Waals surface area contributed by atoms with Crippen molar-refractivity contribution in [2.24, 2.45) is 0 Å². The molecule has 0 aliphatic carbocycles. The Balaban J connectivity index is 2.19. The summed E-state index contributed by atoms with van der Waals surface area (Å²) >= 11 is 4.73. The van der Waals surface area contributed by atoms with Crippen molar-refractivity contribution in [1.82, 2.24) is 0 Å². The topological polar surface area (TPSA) is 0 Å². The summed E-state index contributed by atoms with van der Waals surface area (Å²) in [5.74, 6) is 0. The summed E-state index contributed by atoms with van der Waals surface area (Å²) in [4.78, 5) is 6.04. The van der Waals surface area contributed by atoms with Gasteiger partial charge in [0.05, 0.1) is 0 Å². The number of benzene rings is 2. The van der Waals surface area contributed by atoms with Crippen molar-refractivity contribution in [3.8, 4) is 0 Å². The fourth-order valence-electron chi connectivity index (χ4n) is 1.66. The van der Waals surface area contributed by atoms with E-state index in [0.29, 0.717) is 8.07 Å². The summed E-state index contributed by atoms with van der Waals surface area (Å²) in [5.41, 5.74) is 0. The fourth-order valence-corrected chi connectivity index (χ4v) is 16.0. The SMILES string of the molecule is I[I-][S+]1c2ccccc2Sc2ccccc21. The van der Waals surface area contributed by atoms with Crippen molar-refractivity contribution in [1.29, 1.82) is 0 Å². The molecule has 1 aliphatic rings. The second kappa shape index (κ2) is 5.07. The second-order valence-corrected chi connectivity index (χ2v) is 16.2. The Labute approximate surface area is 121 Å². The first kappa shape index (κ1) is 11.7. The van der Waals surface area contributed by atoms with Crippen LogP contribution in [0, 0.1) is 0 Å². The van der Waals surface area contributed by atoms with Crippen molar-refractivity contribution in [2.75, 3.05) is 0 Å². The maximum atomic E-state index is 2.61. The quantitative estimate of drug-likeness (QED) is 0.451. The Morgan fingerprint density at radius 3 is 1.88 bits per heavy atom. The molecule has 1 heterocycles. The van der Waals surface area contributed by atoms with E-state index < -0.39 is 0 Å². The van der Waals surface area contributed by atoms with Gasteiger partial charge in [-0.3, -0.25) is 0 Å². The zero-order chi connectivity index (χ0) is 11.0. The van der Waals surface area contributed by atoms with Gasteiger partial charge in [0.25, 0.3) is 0 Å². The fraction of sp³-hybridized carbons (Fsp3) is 0. The van der Waals surface area contributed by atoms with Gasteiger partial charge in [0.2, 0.25) is 0 Å². The summed E-state index contributed by atoms with van der Waals surface area (Å²) < 4.78 is 0. The van der Waals surface area contributed by atoms with E-state index in [4.69, 9.17) is 0 Å². The third-order valence-corrected chi connectivity index (χ3v) is 15.9. The zero-order valence-electron chi connectivity index (χ0n) is 8.19. The van der Waals surface area contributed by atoms with Crippen LogP contribution in [0.2, 0.25) is 0 Å². The van der Waals surface area contributed by atoms with Crippen LogP contribution in [0.5, 0.6) is 0 Å². The molecule has 0 radical (unpaired) electrons. The van der Waals surface area contributed by atoms with E-state index in [1.54, 1.807) is 9.79 Å². The monoisotopic (exact) mass is 470 g/mol. The molecule has 0 unspecified atom stereocenters. The molecule has 4 heteroatoms. The second-order valence-electron chi connectivity index (χ2n) is 3.31. The van der Waals surface area contributed by atoms with Crippen LogP contribution in [0.3, 0.4) is 0 Å². The van der Waals surface area contributed by atoms with Crippen LogP contribution < -0.4 is 15.8 Å². The Bertz CT molecular complexity index is 482. The molecular weight excluding hydrogens is 462 g/mol. The van der Waals surface area contributed by atoms with E-state index in [-0.39, 0.29) is 15.8 Å². The van der Waals surface area contributed by atoms with E-state index in [2.05, 4.69) is 67.1 Å². The van der Waals surface area contributed by atoms with Crippen molar-refractivity contribution in [2.45, 2.75) is 19.6 Å². The number of hydrogen-bond donors (Lipinski definition) is 0. The van der Waals surface area contributed by atoms with Gasteiger partial charge in [-0.15, -0.1) is 0 Å². The standard InChI is InChI=1S/C12H8I2S2/c13-14-16-11-7-3-1-5-9(11)15-10-6-2-4-8-12(10)16/h1-8H. The van der Waals surface area contributed by atoms with Gasteiger partial charge in [0.15, 0.2) is 0 Å². The molecule has 0 saturated heterocycles. The predicted octanol–water partition coefficient (Wildman–Crippen LogP) is 1.54. The first-order chi connectivity index (χ1) is 7.90. The van der Waals surface area contributed by atoms with Crippen molar-refractivity contribution >= 4 is 38.4 Å². The molecule has 0 amide bonds. The molecule has 2 aromatic carbocycles. The zero-order valence-corrected chi connectivity index (χ0v) is 14.1. The number of halogens is 2. The summed E-state index contributed by atoms with van der Waals surface area (Å²) in [6.45, 7) is 0. The average molecular weight is 470 g/mol. The normalized spacial score (nSPS) is 14.6. The molecule has 2 aromatic rings. The van der Waals surface area contributed by atoms with Gasteiger partial charge in [-0.2, -0.15) is 0 Å². The van der Waals surface area contributed by atoms with E-state index in [1.165, 1.54) is 9.79 Å². The molecule has 0 bridgehead atoms. The molecule has 82 valence electrons. The molecule has 0 saturated carbocycles. The van der Waals surface area contributed by atoms with Crippen molar-refractivity contribution in [3.05, 3.63) is 48.5 Å². The maximum absolute atomic E-state index is 2.61. The molecule has 0 aromatic heterocycles. The Morgan fingerprint density at radius 1 is 0.875 bits per heavy atom. The van der Waals surface area contributed by atoms with Gasteiger partial charge in [-0.1, -0.05) is 0 Å². The molecule has 16 heavy (non-hydrogen) atoms. The molecule has 0 spiro atoms. The van der Waals surface area contributed by atoms with Crippen LogP contribution in [0.25, 0.3) is 0 Å². The van der Waals surface area contributed by atoms with Crippen LogP contribution in [0.1, 0.15) is 0 Å².